The van der Waals surface area contributed by atoms with Crippen molar-refractivity contribution in [2.24, 2.45) is 5.14 Å². The Balaban J connectivity index is 2.55. The minimum atomic E-state index is -3.66. The second kappa shape index (κ2) is 5.25. The van der Waals surface area contributed by atoms with Crippen LogP contribution in [0.2, 0.25) is 0 Å². The lowest BCUT2D eigenvalue weighted by Gasteiger charge is -2.20. The van der Waals surface area contributed by atoms with Crippen LogP contribution in [0.15, 0.2) is 16.3 Å². The Labute approximate surface area is 111 Å². The highest BCUT2D eigenvalue weighted by Gasteiger charge is 2.14. The summed E-state index contributed by atoms with van der Waals surface area (Å²) in [7, 11) is -3.66. The fourth-order valence-corrected chi connectivity index (χ4v) is 2.88. The Hall–Kier alpha value is -1.12. The van der Waals surface area contributed by atoms with Crippen LogP contribution in [-0.4, -0.2) is 20.0 Å². The molecule has 0 bridgehead atoms. The monoisotopic (exact) mass is 291 g/mol. The van der Waals surface area contributed by atoms with E-state index in [9.17, 15) is 13.2 Å². The first kappa shape index (κ1) is 14.9. The van der Waals surface area contributed by atoms with Gasteiger partial charge in [0.2, 0.25) is 10.0 Å². The molecule has 6 nitrogen and oxygen atoms in total. The van der Waals surface area contributed by atoms with Crippen LogP contribution in [0.1, 0.15) is 25.6 Å². The van der Waals surface area contributed by atoms with E-state index in [2.05, 4.69) is 10.6 Å². The Morgan fingerprint density at radius 2 is 2.00 bits per heavy atom. The summed E-state index contributed by atoms with van der Waals surface area (Å²) < 4.78 is 22.2. The minimum Gasteiger partial charge on any atom is -0.334 e. The van der Waals surface area contributed by atoms with Crippen LogP contribution in [0.5, 0.6) is 0 Å². The summed E-state index contributed by atoms with van der Waals surface area (Å²) in [6, 6.07) is 2.76. The number of primary sulfonamides is 1. The second-order valence-corrected chi connectivity index (χ2v) is 7.78. The van der Waals surface area contributed by atoms with Crippen molar-refractivity contribution in [2.75, 3.05) is 0 Å². The van der Waals surface area contributed by atoms with Crippen molar-refractivity contribution in [3.05, 3.63) is 17.0 Å². The molecule has 8 heteroatoms. The normalized spacial score (nSPS) is 12.2. The smallest absolute Gasteiger partial charge is 0.315 e. The topological polar surface area (TPSA) is 101 Å². The quantitative estimate of drug-likeness (QED) is 0.774. The van der Waals surface area contributed by atoms with Gasteiger partial charge in [0, 0.05) is 10.4 Å². The number of urea groups is 1. The van der Waals surface area contributed by atoms with Crippen LogP contribution in [-0.2, 0) is 16.6 Å². The second-order valence-electron chi connectivity index (χ2n) is 4.82. The Bertz CT molecular complexity index is 529. The highest BCUT2D eigenvalue weighted by atomic mass is 32.2. The van der Waals surface area contributed by atoms with Crippen molar-refractivity contribution in [1.29, 1.82) is 0 Å². The van der Waals surface area contributed by atoms with E-state index >= 15 is 0 Å². The zero-order valence-corrected chi connectivity index (χ0v) is 12.1. The van der Waals surface area contributed by atoms with Crippen LogP contribution in [0.25, 0.3) is 0 Å². The van der Waals surface area contributed by atoms with Crippen LogP contribution in [0.3, 0.4) is 0 Å². The van der Waals surface area contributed by atoms with Gasteiger partial charge in [-0.05, 0) is 32.9 Å². The molecule has 0 saturated heterocycles. The first-order valence-corrected chi connectivity index (χ1v) is 7.62. The summed E-state index contributed by atoms with van der Waals surface area (Å²) in [4.78, 5) is 12.2. The van der Waals surface area contributed by atoms with E-state index in [4.69, 9.17) is 5.14 Å². The van der Waals surface area contributed by atoms with E-state index in [0.29, 0.717) is 0 Å². The number of sulfonamides is 1. The molecule has 0 atom stereocenters. The van der Waals surface area contributed by atoms with Crippen molar-refractivity contribution >= 4 is 27.4 Å². The van der Waals surface area contributed by atoms with Crippen molar-refractivity contribution < 1.29 is 13.2 Å². The number of hydrogen-bond acceptors (Lipinski definition) is 4. The van der Waals surface area contributed by atoms with Gasteiger partial charge in [0.15, 0.2) is 0 Å². The largest absolute Gasteiger partial charge is 0.334 e. The molecule has 0 radical (unpaired) electrons. The van der Waals surface area contributed by atoms with Gasteiger partial charge in [-0.2, -0.15) is 0 Å². The lowest BCUT2D eigenvalue weighted by molar-refractivity contribution is 0.231. The van der Waals surface area contributed by atoms with Gasteiger partial charge in [-0.3, -0.25) is 0 Å². The van der Waals surface area contributed by atoms with Crippen molar-refractivity contribution in [3.8, 4) is 0 Å². The Morgan fingerprint density at radius 1 is 1.39 bits per heavy atom. The van der Waals surface area contributed by atoms with Gasteiger partial charge in [-0.1, -0.05) is 0 Å². The number of hydrogen-bond donors (Lipinski definition) is 3. The molecule has 0 aromatic carbocycles. The maximum Gasteiger partial charge on any atom is 0.315 e. The van der Waals surface area contributed by atoms with Gasteiger partial charge >= 0.3 is 6.03 Å². The first-order valence-electron chi connectivity index (χ1n) is 5.25. The number of nitrogens with two attached hydrogens (primary N) is 1. The average molecular weight is 291 g/mol. The van der Waals surface area contributed by atoms with E-state index in [-0.39, 0.29) is 22.3 Å². The number of rotatable bonds is 3. The summed E-state index contributed by atoms with van der Waals surface area (Å²) in [5.41, 5.74) is -0.314. The van der Waals surface area contributed by atoms with Crippen LogP contribution < -0.4 is 15.8 Å². The van der Waals surface area contributed by atoms with E-state index in [1.807, 2.05) is 20.8 Å². The molecule has 1 rings (SSSR count). The molecule has 0 aliphatic rings. The van der Waals surface area contributed by atoms with Crippen molar-refractivity contribution in [2.45, 2.75) is 37.1 Å². The molecule has 18 heavy (non-hydrogen) atoms. The third-order valence-corrected chi connectivity index (χ3v) is 4.35. The van der Waals surface area contributed by atoms with Crippen molar-refractivity contribution in [1.82, 2.24) is 10.6 Å². The molecule has 1 aromatic heterocycles. The zero-order valence-electron chi connectivity index (χ0n) is 10.5. The summed E-state index contributed by atoms with van der Waals surface area (Å²) in [5.74, 6) is 0. The number of thiophene rings is 1. The lowest BCUT2D eigenvalue weighted by atomic mass is 10.1. The number of carbonyl (C=O) groups is 1. The summed E-state index contributed by atoms with van der Waals surface area (Å²) in [5, 5.41) is 10.4. The van der Waals surface area contributed by atoms with Crippen molar-refractivity contribution in [3.63, 3.8) is 0 Å². The molecule has 1 heterocycles. The summed E-state index contributed by atoms with van der Waals surface area (Å²) in [6.07, 6.45) is 0. The van der Waals surface area contributed by atoms with E-state index in [0.717, 1.165) is 16.2 Å². The fourth-order valence-electron chi connectivity index (χ4n) is 1.16. The van der Waals surface area contributed by atoms with Gasteiger partial charge in [-0.25, -0.2) is 18.4 Å². The fraction of sp³-hybridized carbons (Fsp3) is 0.500. The van der Waals surface area contributed by atoms with E-state index in [1.54, 1.807) is 6.07 Å². The molecule has 102 valence electrons. The highest BCUT2D eigenvalue weighted by Crippen LogP contribution is 2.19. The van der Waals surface area contributed by atoms with Gasteiger partial charge < -0.3 is 10.6 Å². The first-order chi connectivity index (χ1) is 8.08. The molecule has 4 N–H and O–H groups in total. The lowest BCUT2D eigenvalue weighted by Crippen LogP contribution is -2.46. The molecule has 2 amide bonds. The average Bonchev–Trinajstić information content (AvgIpc) is 2.59. The van der Waals surface area contributed by atoms with Crippen LogP contribution >= 0.6 is 11.3 Å². The molecule has 0 saturated carbocycles. The molecule has 1 aromatic rings. The molecule has 0 aliphatic heterocycles. The van der Waals surface area contributed by atoms with E-state index in [1.165, 1.54) is 6.07 Å². The molecular formula is C10H17N3O3S2. The van der Waals surface area contributed by atoms with E-state index < -0.39 is 10.0 Å². The number of amides is 2. The van der Waals surface area contributed by atoms with Gasteiger partial charge in [-0.15, -0.1) is 11.3 Å². The predicted octanol–water partition coefficient (Wildman–Crippen LogP) is 0.993. The standard InChI is InChI=1S/C10H17N3O3S2/c1-10(2,3)13-9(14)12-6-7-4-5-8(17-7)18(11,15)16/h4-5H,6H2,1-3H3,(H2,11,15,16)(H2,12,13,14). The maximum atomic E-state index is 11.5. The zero-order chi connectivity index (χ0) is 14.0. The third kappa shape index (κ3) is 5.03. The molecule has 0 aliphatic carbocycles. The summed E-state index contributed by atoms with van der Waals surface area (Å²) in [6.45, 7) is 5.88. The van der Waals surface area contributed by atoms with Crippen LogP contribution in [0.4, 0.5) is 4.79 Å². The number of carbonyl (C=O) groups excluding carboxylic acids is 1. The number of nitrogens with one attached hydrogen (secondary N) is 2. The predicted molar refractivity (Wildman–Crippen MR) is 70.8 cm³/mol. The van der Waals surface area contributed by atoms with Gasteiger partial charge in [0.25, 0.3) is 0 Å². The summed E-state index contributed by atoms with van der Waals surface area (Å²) >= 11 is 1.04. The SMILES string of the molecule is CC(C)(C)NC(=O)NCc1ccc(S(N)(=O)=O)s1. The Morgan fingerprint density at radius 3 is 2.44 bits per heavy atom. The van der Waals surface area contributed by atoms with Crippen LogP contribution in [0, 0.1) is 0 Å². The Kier molecular flexibility index (Phi) is 4.36. The third-order valence-electron chi connectivity index (χ3n) is 1.83. The highest BCUT2D eigenvalue weighted by molar-refractivity contribution is 7.91. The molecular weight excluding hydrogens is 274 g/mol. The molecule has 0 unspecified atom stereocenters. The minimum absolute atomic E-state index is 0.0931. The molecule has 0 fully saturated rings. The molecule has 0 spiro atoms. The van der Waals surface area contributed by atoms with Gasteiger partial charge in [0.05, 0.1) is 6.54 Å². The van der Waals surface area contributed by atoms with Gasteiger partial charge in [0.1, 0.15) is 4.21 Å². The maximum absolute atomic E-state index is 11.5.